The summed E-state index contributed by atoms with van der Waals surface area (Å²) in [5.41, 5.74) is 4.85. The standard InChI is InChI=1S/C25H25NO3S/c1-14-10-15(2)23(16(3)11-14)24-20(28)13-17(25(24)29)12-18(27)8-9-22-26-19-6-4-5-7-21(19)30-22/h4-7,10-11,17,24H,8-9,12-13H2,1-3H3. The molecule has 0 N–H and O–H groups in total. The van der Waals surface area contributed by atoms with E-state index in [9.17, 15) is 14.4 Å². The number of carbonyl (C=O) groups excluding carboxylic acids is 3. The summed E-state index contributed by atoms with van der Waals surface area (Å²) >= 11 is 1.60. The Morgan fingerprint density at radius 3 is 2.50 bits per heavy atom. The highest BCUT2D eigenvalue weighted by Crippen LogP contribution is 2.37. The number of carbonyl (C=O) groups is 3. The van der Waals surface area contributed by atoms with Crippen LogP contribution < -0.4 is 0 Å². The lowest BCUT2D eigenvalue weighted by atomic mass is 9.86. The zero-order valence-corrected chi connectivity index (χ0v) is 18.3. The second-order valence-corrected chi connectivity index (χ2v) is 9.45. The summed E-state index contributed by atoms with van der Waals surface area (Å²) in [5.74, 6) is -1.33. The highest BCUT2D eigenvalue weighted by molar-refractivity contribution is 7.18. The number of nitrogens with zero attached hydrogens (tertiary/aromatic N) is 1. The minimum Gasteiger partial charge on any atom is -0.300 e. The zero-order chi connectivity index (χ0) is 21.4. The molecule has 1 heterocycles. The van der Waals surface area contributed by atoms with Crippen molar-refractivity contribution in [2.75, 3.05) is 0 Å². The number of ketones is 3. The third kappa shape index (κ3) is 3.99. The van der Waals surface area contributed by atoms with Crippen LogP contribution in [0.1, 0.15) is 52.4 Å². The number of aromatic nitrogens is 1. The minimum absolute atomic E-state index is 0.0263. The van der Waals surface area contributed by atoms with Crippen molar-refractivity contribution in [3.63, 3.8) is 0 Å². The average molecular weight is 420 g/mol. The van der Waals surface area contributed by atoms with Crippen molar-refractivity contribution in [3.05, 3.63) is 63.7 Å². The molecule has 0 amide bonds. The Labute approximate surface area is 180 Å². The van der Waals surface area contributed by atoms with Gasteiger partial charge in [-0.15, -0.1) is 11.3 Å². The van der Waals surface area contributed by atoms with Crippen molar-refractivity contribution in [2.24, 2.45) is 5.92 Å². The molecule has 1 saturated carbocycles. The maximum atomic E-state index is 13.0. The van der Waals surface area contributed by atoms with E-state index in [4.69, 9.17) is 0 Å². The van der Waals surface area contributed by atoms with Crippen LogP contribution in [0.4, 0.5) is 0 Å². The second-order valence-electron chi connectivity index (χ2n) is 8.33. The van der Waals surface area contributed by atoms with E-state index in [1.165, 1.54) is 0 Å². The molecule has 1 aliphatic carbocycles. The first-order valence-corrected chi connectivity index (χ1v) is 11.2. The average Bonchev–Trinajstić information content (AvgIpc) is 3.21. The number of rotatable bonds is 6. The Morgan fingerprint density at radius 2 is 1.80 bits per heavy atom. The van der Waals surface area contributed by atoms with Gasteiger partial charge in [0.15, 0.2) is 5.78 Å². The monoisotopic (exact) mass is 419 g/mol. The SMILES string of the molecule is Cc1cc(C)c(C2C(=O)CC(CC(=O)CCc3nc4ccccc4s3)C2=O)c(C)c1. The molecule has 2 unspecified atom stereocenters. The Balaban J connectivity index is 1.42. The van der Waals surface area contributed by atoms with Gasteiger partial charge in [-0.1, -0.05) is 29.8 Å². The van der Waals surface area contributed by atoms with Crippen LogP contribution in [0.2, 0.25) is 0 Å². The summed E-state index contributed by atoms with van der Waals surface area (Å²) < 4.78 is 1.11. The first kappa shape index (κ1) is 20.6. The molecule has 0 radical (unpaired) electrons. The lowest BCUT2D eigenvalue weighted by molar-refractivity contribution is -0.127. The minimum atomic E-state index is -0.715. The molecule has 1 fully saturated rings. The van der Waals surface area contributed by atoms with Crippen LogP contribution in [0.15, 0.2) is 36.4 Å². The predicted octanol–water partition coefficient (Wildman–Crippen LogP) is 5.06. The summed E-state index contributed by atoms with van der Waals surface area (Å²) in [6.45, 7) is 5.91. The Morgan fingerprint density at radius 1 is 1.10 bits per heavy atom. The van der Waals surface area contributed by atoms with Crippen LogP contribution in [0.25, 0.3) is 10.2 Å². The van der Waals surface area contributed by atoms with Crippen molar-refractivity contribution in [2.45, 2.75) is 52.4 Å². The third-order valence-corrected chi connectivity index (χ3v) is 7.01. The molecule has 1 aromatic heterocycles. The van der Waals surface area contributed by atoms with Crippen molar-refractivity contribution >= 4 is 38.9 Å². The van der Waals surface area contributed by atoms with Crippen molar-refractivity contribution < 1.29 is 14.4 Å². The number of hydrogen-bond donors (Lipinski definition) is 0. The quantitative estimate of drug-likeness (QED) is 0.524. The molecule has 5 heteroatoms. The van der Waals surface area contributed by atoms with E-state index < -0.39 is 11.8 Å². The Kier molecular flexibility index (Phi) is 5.65. The fraction of sp³-hybridized carbons (Fsp3) is 0.360. The third-order valence-electron chi connectivity index (χ3n) is 5.91. The van der Waals surface area contributed by atoms with Crippen LogP contribution in [-0.2, 0) is 20.8 Å². The molecule has 1 aliphatic rings. The van der Waals surface area contributed by atoms with E-state index in [2.05, 4.69) is 4.98 Å². The molecule has 4 rings (SSSR count). The fourth-order valence-corrected chi connectivity index (χ4v) is 5.60. The molecule has 3 aromatic rings. The van der Waals surface area contributed by atoms with E-state index in [1.54, 1.807) is 11.3 Å². The highest BCUT2D eigenvalue weighted by Gasteiger charge is 2.43. The van der Waals surface area contributed by atoms with Gasteiger partial charge >= 0.3 is 0 Å². The number of thiazole rings is 1. The van der Waals surface area contributed by atoms with Crippen LogP contribution in [0.5, 0.6) is 0 Å². The number of hydrogen-bond acceptors (Lipinski definition) is 5. The van der Waals surface area contributed by atoms with E-state index in [0.29, 0.717) is 12.8 Å². The largest absolute Gasteiger partial charge is 0.300 e. The molecule has 2 aromatic carbocycles. The first-order chi connectivity index (χ1) is 14.3. The van der Waals surface area contributed by atoms with Gasteiger partial charge in [-0.05, 0) is 49.6 Å². The molecule has 0 bridgehead atoms. The van der Waals surface area contributed by atoms with E-state index in [1.807, 2.05) is 57.2 Å². The molecule has 0 spiro atoms. The molecular weight excluding hydrogens is 394 g/mol. The molecule has 30 heavy (non-hydrogen) atoms. The number of aryl methyl sites for hydroxylation is 4. The van der Waals surface area contributed by atoms with Gasteiger partial charge < -0.3 is 0 Å². The normalized spacial score (nSPS) is 19.0. The van der Waals surface area contributed by atoms with Gasteiger partial charge in [-0.25, -0.2) is 4.98 Å². The lowest BCUT2D eigenvalue weighted by Gasteiger charge is -2.16. The smallest absolute Gasteiger partial charge is 0.151 e. The van der Waals surface area contributed by atoms with Gasteiger partial charge in [0.25, 0.3) is 0 Å². The summed E-state index contributed by atoms with van der Waals surface area (Å²) in [7, 11) is 0. The summed E-state index contributed by atoms with van der Waals surface area (Å²) in [6, 6.07) is 11.9. The number of fused-ring (bicyclic) bond motifs is 1. The van der Waals surface area contributed by atoms with E-state index in [0.717, 1.165) is 37.5 Å². The molecule has 4 nitrogen and oxygen atoms in total. The van der Waals surface area contributed by atoms with Gasteiger partial charge in [-0.2, -0.15) is 0 Å². The molecule has 2 atom stereocenters. The van der Waals surface area contributed by atoms with Gasteiger partial charge in [0.2, 0.25) is 0 Å². The maximum absolute atomic E-state index is 13.0. The van der Waals surface area contributed by atoms with Gasteiger partial charge in [0.05, 0.1) is 15.2 Å². The number of para-hydroxylation sites is 1. The predicted molar refractivity (Wildman–Crippen MR) is 119 cm³/mol. The van der Waals surface area contributed by atoms with Crippen LogP contribution >= 0.6 is 11.3 Å². The maximum Gasteiger partial charge on any atom is 0.151 e. The van der Waals surface area contributed by atoms with Gasteiger partial charge in [-0.3, -0.25) is 14.4 Å². The van der Waals surface area contributed by atoms with E-state index in [-0.39, 0.29) is 30.2 Å². The van der Waals surface area contributed by atoms with Crippen molar-refractivity contribution in [3.8, 4) is 0 Å². The molecular formula is C25H25NO3S. The second kappa shape index (κ2) is 8.23. The van der Waals surface area contributed by atoms with Crippen LogP contribution in [0.3, 0.4) is 0 Å². The first-order valence-electron chi connectivity index (χ1n) is 10.3. The van der Waals surface area contributed by atoms with Gasteiger partial charge in [0, 0.05) is 31.6 Å². The lowest BCUT2D eigenvalue weighted by Crippen LogP contribution is -2.19. The number of benzene rings is 2. The molecule has 154 valence electrons. The molecule has 0 aliphatic heterocycles. The van der Waals surface area contributed by atoms with E-state index >= 15 is 0 Å². The summed E-state index contributed by atoms with van der Waals surface area (Å²) in [5, 5.41) is 0.933. The van der Waals surface area contributed by atoms with Crippen molar-refractivity contribution in [1.82, 2.24) is 4.98 Å². The molecule has 0 saturated heterocycles. The van der Waals surface area contributed by atoms with Gasteiger partial charge in [0.1, 0.15) is 17.5 Å². The summed E-state index contributed by atoms with van der Waals surface area (Å²) in [4.78, 5) is 42.9. The fourth-order valence-electron chi connectivity index (χ4n) is 4.63. The highest BCUT2D eigenvalue weighted by atomic mass is 32.1. The van der Waals surface area contributed by atoms with Crippen molar-refractivity contribution in [1.29, 1.82) is 0 Å². The number of Topliss-reactive ketones (excluding diaryl/α,β-unsaturated/α-hetero) is 3. The summed E-state index contributed by atoms with van der Waals surface area (Å²) in [6.07, 6.45) is 1.25. The van der Waals surface area contributed by atoms with Crippen LogP contribution in [-0.4, -0.2) is 22.3 Å². The van der Waals surface area contributed by atoms with Crippen LogP contribution in [0, 0.1) is 26.7 Å². The Bertz CT molecular complexity index is 1100. The zero-order valence-electron chi connectivity index (χ0n) is 17.5. The topological polar surface area (TPSA) is 64.1 Å². The Hall–Kier alpha value is -2.66.